The van der Waals surface area contributed by atoms with E-state index in [1.807, 2.05) is 0 Å². The third kappa shape index (κ3) is 10.1. The summed E-state index contributed by atoms with van der Waals surface area (Å²) in [4.78, 5) is 79.2. The van der Waals surface area contributed by atoms with E-state index >= 15 is 0 Å². The molecule has 5 unspecified atom stereocenters. The van der Waals surface area contributed by atoms with Crippen LogP contribution in [0, 0.1) is 5.92 Å². The lowest BCUT2D eigenvalue weighted by molar-refractivity contribution is -0.144. The van der Waals surface area contributed by atoms with Crippen LogP contribution in [0.5, 0.6) is 0 Å². The Morgan fingerprint density at radius 3 is 2.11 bits per heavy atom. The first-order chi connectivity index (χ1) is 16.8. The maximum absolute atomic E-state index is 12.9. The van der Waals surface area contributed by atoms with Gasteiger partial charge in [-0.3, -0.25) is 24.0 Å². The number of aromatic amines is 1. The lowest BCUT2D eigenvalue weighted by Gasteiger charge is -2.26. The van der Waals surface area contributed by atoms with Crippen LogP contribution in [-0.4, -0.2) is 74.7 Å². The van der Waals surface area contributed by atoms with Crippen LogP contribution in [0.2, 0.25) is 0 Å². The zero-order chi connectivity index (χ0) is 27.4. The van der Waals surface area contributed by atoms with Crippen LogP contribution in [0.15, 0.2) is 12.5 Å². The van der Waals surface area contributed by atoms with E-state index in [2.05, 4.69) is 25.9 Å². The van der Waals surface area contributed by atoms with Gasteiger partial charge in [-0.15, -0.1) is 0 Å². The summed E-state index contributed by atoms with van der Waals surface area (Å²) in [6, 6.07) is -5.23. The summed E-state index contributed by atoms with van der Waals surface area (Å²) >= 11 is 0. The van der Waals surface area contributed by atoms with E-state index in [0.29, 0.717) is 12.1 Å². The summed E-state index contributed by atoms with van der Waals surface area (Å²) in [5, 5.41) is 16.5. The van der Waals surface area contributed by atoms with Crippen LogP contribution in [0.25, 0.3) is 0 Å². The molecule has 11 N–H and O–H groups in total. The molecular weight excluding hydrogens is 476 g/mol. The smallest absolute Gasteiger partial charge is 0.326 e. The van der Waals surface area contributed by atoms with Crippen molar-refractivity contribution < 1.29 is 33.9 Å². The Kier molecular flexibility index (Phi) is 12.0. The van der Waals surface area contributed by atoms with Gasteiger partial charge in [0.05, 0.1) is 18.8 Å². The van der Waals surface area contributed by atoms with E-state index in [4.69, 9.17) is 17.2 Å². The number of imidazole rings is 1. The number of H-pyrrole nitrogens is 1. The maximum Gasteiger partial charge on any atom is 0.326 e. The van der Waals surface area contributed by atoms with Crippen molar-refractivity contribution in [2.45, 2.75) is 70.1 Å². The third-order valence-electron chi connectivity index (χ3n) is 5.46. The van der Waals surface area contributed by atoms with E-state index in [1.165, 1.54) is 12.5 Å². The van der Waals surface area contributed by atoms with Crippen molar-refractivity contribution in [1.82, 2.24) is 25.9 Å². The van der Waals surface area contributed by atoms with E-state index in [9.17, 15) is 33.9 Å². The van der Waals surface area contributed by atoms with Gasteiger partial charge in [0.1, 0.15) is 18.1 Å². The van der Waals surface area contributed by atoms with Gasteiger partial charge >= 0.3 is 5.97 Å². The van der Waals surface area contributed by atoms with Crippen molar-refractivity contribution in [3.63, 3.8) is 0 Å². The van der Waals surface area contributed by atoms with E-state index < -0.39 is 72.0 Å². The standard InChI is InChI=1S/C21H34N8O7/c1-3-10(2)17(21(35)36)29-19(33)13(4-5-15(23)30)27-20(34)14(7-16(24)31)28-18(32)12(22)6-11-8-25-9-26-11/h8-10,12-14,17H,3-7,22H2,1-2H3,(H2,23,30)(H2,24,31)(H,25,26)(H,27,34)(H,28,32)(H,29,33)(H,35,36). The van der Waals surface area contributed by atoms with Crippen LogP contribution in [0.1, 0.15) is 45.2 Å². The summed E-state index contributed by atoms with van der Waals surface area (Å²) in [5.74, 6) is -6.00. The van der Waals surface area contributed by atoms with E-state index in [0.717, 1.165) is 0 Å². The normalized spacial score (nSPS) is 15.0. The largest absolute Gasteiger partial charge is 0.480 e. The molecule has 0 aromatic carbocycles. The average molecular weight is 511 g/mol. The molecule has 0 saturated heterocycles. The fourth-order valence-corrected chi connectivity index (χ4v) is 3.18. The summed E-state index contributed by atoms with van der Waals surface area (Å²) in [5.41, 5.74) is 16.8. The summed E-state index contributed by atoms with van der Waals surface area (Å²) in [6.45, 7) is 3.37. The predicted octanol–water partition coefficient (Wildman–Crippen LogP) is -2.99. The summed E-state index contributed by atoms with van der Waals surface area (Å²) < 4.78 is 0. The number of carboxylic acid groups (broad SMARTS) is 1. The fourth-order valence-electron chi connectivity index (χ4n) is 3.18. The molecule has 1 heterocycles. The molecule has 0 fully saturated rings. The second-order valence-electron chi connectivity index (χ2n) is 8.40. The molecular formula is C21H34N8O7. The van der Waals surface area contributed by atoms with Gasteiger partial charge in [-0.05, 0) is 12.3 Å². The van der Waals surface area contributed by atoms with Crippen LogP contribution in [0.4, 0.5) is 0 Å². The molecule has 0 spiro atoms. The highest BCUT2D eigenvalue weighted by atomic mass is 16.4. The zero-order valence-corrected chi connectivity index (χ0v) is 20.2. The highest BCUT2D eigenvalue weighted by molar-refractivity contribution is 5.96. The SMILES string of the molecule is CCC(C)C(NC(=O)C(CCC(N)=O)NC(=O)C(CC(N)=O)NC(=O)C(N)Cc1cnc[nH]1)C(=O)O. The molecule has 0 saturated carbocycles. The number of carboxylic acids is 1. The van der Waals surface area contributed by atoms with Crippen LogP contribution in [-0.2, 0) is 35.2 Å². The Morgan fingerprint density at radius 2 is 1.61 bits per heavy atom. The average Bonchev–Trinajstić information content (AvgIpc) is 3.31. The van der Waals surface area contributed by atoms with Gasteiger partial charge in [-0.25, -0.2) is 9.78 Å². The Bertz CT molecular complexity index is 937. The Balaban J connectivity index is 3.01. The Labute approximate surface area is 207 Å². The Morgan fingerprint density at radius 1 is 1.00 bits per heavy atom. The molecule has 0 aliphatic carbocycles. The number of nitrogens with zero attached hydrogens (tertiary/aromatic N) is 1. The number of amides is 5. The first-order valence-corrected chi connectivity index (χ1v) is 11.3. The molecule has 1 aromatic heterocycles. The number of aliphatic carboxylic acids is 1. The first kappa shape index (κ1) is 30.0. The molecule has 15 nitrogen and oxygen atoms in total. The fraction of sp³-hybridized carbons (Fsp3) is 0.571. The molecule has 15 heteroatoms. The molecule has 0 aliphatic heterocycles. The van der Waals surface area contributed by atoms with Crippen LogP contribution in [0.3, 0.4) is 0 Å². The van der Waals surface area contributed by atoms with Gasteiger partial charge in [0, 0.05) is 24.7 Å². The van der Waals surface area contributed by atoms with Gasteiger partial charge < -0.3 is 43.2 Å². The minimum atomic E-state index is -1.49. The lowest BCUT2D eigenvalue weighted by atomic mass is 9.98. The molecule has 5 amide bonds. The minimum Gasteiger partial charge on any atom is -0.480 e. The molecule has 1 rings (SSSR count). The van der Waals surface area contributed by atoms with Gasteiger partial charge in [-0.1, -0.05) is 20.3 Å². The molecule has 200 valence electrons. The van der Waals surface area contributed by atoms with Gasteiger partial charge in [0.15, 0.2) is 0 Å². The third-order valence-corrected chi connectivity index (χ3v) is 5.46. The predicted molar refractivity (Wildman–Crippen MR) is 125 cm³/mol. The number of hydrogen-bond acceptors (Lipinski definition) is 8. The lowest BCUT2D eigenvalue weighted by Crippen LogP contribution is -2.58. The van der Waals surface area contributed by atoms with Crippen molar-refractivity contribution in [3.05, 3.63) is 18.2 Å². The van der Waals surface area contributed by atoms with Crippen molar-refractivity contribution in [2.24, 2.45) is 23.1 Å². The maximum atomic E-state index is 12.9. The van der Waals surface area contributed by atoms with Crippen molar-refractivity contribution >= 4 is 35.5 Å². The monoisotopic (exact) mass is 510 g/mol. The summed E-state index contributed by atoms with van der Waals surface area (Å²) in [6.07, 6.45) is 2.21. The number of aromatic nitrogens is 2. The van der Waals surface area contributed by atoms with E-state index in [-0.39, 0.29) is 19.3 Å². The van der Waals surface area contributed by atoms with E-state index in [1.54, 1.807) is 13.8 Å². The number of nitrogens with one attached hydrogen (secondary N) is 4. The van der Waals surface area contributed by atoms with Gasteiger partial charge in [-0.2, -0.15) is 0 Å². The molecule has 5 atom stereocenters. The van der Waals surface area contributed by atoms with Crippen LogP contribution < -0.4 is 33.2 Å². The summed E-state index contributed by atoms with van der Waals surface area (Å²) in [7, 11) is 0. The molecule has 36 heavy (non-hydrogen) atoms. The molecule has 0 radical (unpaired) electrons. The van der Waals surface area contributed by atoms with Crippen molar-refractivity contribution in [1.29, 1.82) is 0 Å². The topological polar surface area (TPSA) is 265 Å². The molecule has 0 bridgehead atoms. The molecule has 0 aliphatic rings. The second-order valence-corrected chi connectivity index (χ2v) is 8.40. The highest BCUT2D eigenvalue weighted by Gasteiger charge is 2.32. The second kappa shape index (κ2) is 14.4. The Hall–Kier alpha value is -4.01. The number of carbonyl (C=O) groups excluding carboxylic acids is 5. The van der Waals surface area contributed by atoms with Crippen LogP contribution >= 0.6 is 0 Å². The van der Waals surface area contributed by atoms with Crippen molar-refractivity contribution in [3.8, 4) is 0 Å². The number of hydrogen-bond donors (Lipinski definition) is 8. The first-order valence-electron chi connectivity index (χ1n) is 11.3. The van der Waals surface area contributed by atoms with Gasteiger partial charge in [0.2, 0.25) is 29.5 Å². The zero-order valence-electron chi connectivity index (χ0n) is 20.2. The van der Waals surface area contributed by atoms with Crippen molar-refractivity contribution in [2.75, 3.05) is 0 Å². The number of carbonyl (C=O) groups is 6. The highest BCUT2D eigenvalue weighted by Crippen LogP contribution is 2.09. The quantitative estimate of drug-likeness (QED) is 0.112. The number of rotatable bonds is 16. The number of primary amides is 2. The molecule has 1 aromatic rings. The minimum absolute atomic E-state index is 0.0621. The van der Waals surface area contributed by atoms with Gasteiger partial charge in [0.25, 0.3) is 0 Å². The number of nitrogens with two attached hydrogens (primary N) is 3.